The first-order valence-corrected chi connectivity index (χ1v) is 6.56. The maximum absolute atomic E-state index is 13.4. The minimum absolute atomic E-state index is 0.0527. The Morgan fingerprint density at radius 1 is 1.42 bits per heavy atom. The van der Waals surface area contributed by atoms with Gasteiger partial charge in [0.25, 0.3) is 0 Å². The first-order valence-electron chi connectivity index (χ1n) is 6.56. The van der Waals surface area contributed by atoms with Gasteiger partial charge in [-0.25, -0.2) is 4.39 Å². The Morgan fingerprint density at radius 3 is 2.79 bits per heavy atom. The molecule has 104 valence electrons. The number of ether oxygens (including phenoxy) is 1. The molecular formula is C14H19FN2O2. The van der Waals surface area contributed by atoms with Crippen molar-refractivity contribution in [1.29, 1.82) is 0 Å². The molecule has 1 aliphatic rings. The lowest BCUT2D eigenvalue weighted by Crippen LogP contribution is -2.36. The number of carbonyl (C=O) groups excluding carboxylic acids is 1. The molecule has 0 radical (unpaired) electrons. The Kier molecular flexibility index (Phi) is 4.60. The second-order valence-corrected chi connectivity index (χ2v) is 4.75. The molecule has 1 aromatic carbocycles. The molecule has 0 heterocycles. The lowest BCUT2D eigenvalue weighted by atomic mass is 10.2. The van der Waals surface area contributed by atoms with Crippen molar-refractivity contribution in [3.8, 4) is 5.75 Å². The van der Waals surface area contributed by atoms with Gasteiger partial charge < -0.3 is 15.4 Å². The number of halogens is 1. The number of rotatable bonds is 5. The van der Waals surface area contributed by atoms with Gasteiger partial charge in [-0.3, -0.25) is 4.79 Å². The maximum atomic E-state index is 13.4. The summed E-state index contributed by atoms with van der Waals surface area (Å²) in [4.78, 5) is 11.7. The first kappa shape index (κ1) is 13.6. The maximum Gasteiger partial charge on any atom is 0.239 e. The number of methoxy groups -OCH3 is 1. The monoisotopic (exact) mass is 266 g/mol. The molecule has 0 aliphatic heterocycles. The van der Waals surface area contributed by atoms with E-state index < -0.39 is 5.82 Å². The number of nitrogens with one attached hydrogen (secondary N) is 2. The van der Waals surface area contributed by atoms with Gasteiger partial charge in [-0.15, -0.1) is 0 Å². The molecule has 5 heteroatoms. The van der Waals surface area contributed by atoms with Crippen molar-refractivity contribution in [3.63, 3.8) is 0 Å². The van der Waals surface area contributed by atoms with E-state index >= 15 is 0 Å². The van der Waals surface area contributed by atoms with E-state index in [9.17, 15) is 9.18 Å². The van der Waals surface area contributed by atoms with Crippen molar-refractivity contribution < 1.29 is 13.9 Å². The molecular weight excluding hydrogens is 247 g/mol. The van der Waals surface area contributed by atoms with Crippen LogP contribution < -0.4 is 15.4 Å². The zero-order valence-corrected chi connectivity index (χ0v) is 11.0. The summed E-state index contributed by atoms with van der Waals surface area (Å²) in [6.45, 7) is 0.155. The standard InChI is InChI=1S/C14H19FN2O2/c1-19-13-7-6-11(8-12(13)15)16-9-14(18)17-10-4-2-3-5-10/h6-8,10,16H,2-5,9H2,1H3,(H,17,18). The minimum atomic E-state index is -0.441. The van der Waals surface area contributed by atoms with Crippen molar-refractivity contribution in [1.82, 2.24) is 5.32 Å². The molecule has 0 bridgehead atoms. The van der Waals surface area contributed by atoms with Gasteiger partial charge in [-0.2, -0.15) is 0 Å². The highest BCUT2D eigenvalue weighted by Crippen LogP contribution is 2.20. The van der Waals surface area contributed by atoms with Crippen LogP contribution in [0.2, 0.25) is 0 Å². The van der Waals surface area contributed by atoms with Gasteiger partial charge in [-0.1, -0.05) is 12.8 Å². The molecule has 4 nitrogen and oxygen atoms in total. The number of hydrogen-bond donors (Lipinski definition) is 2. The number of benzene rings is 1. The fourth-order valence-electron chi connectivity index (χ4n) is 2.31. The van der Waals surface area contributed by atoms with Gasteiger partial charge in [0.2, 0.25) is 5.91 Å². The van der Waals surface area contributed by atoms with Gasteiger partial charge in [0.1, 0.15) is 0 Å². The highest BCUT2D eigenvalue weighted by Gasteiger charge is 2.16. The molecule has 1 amide bonds. The second kappa shape index (κ2) is 6.41. The van der Waals surface area contributed by atoms with Gasteiger partial charge in [0.05, 0.1) is 13.7 Å². The van der Waals surface area contributed by atoms with E-state index in [1.807, 2.05) is 0 Å². The fraction of sp³-hybridized carbons (Fsp3) is 0.500. The van der Waals surface area contributed by atoms with Crippen LogP contribution in [0.15, 0.2) is 18.2 Å². The van der Waals surface area contributed by atoms with E-state index in [4.69, 9.17) is 4.74 Å². The molecule has 1 aliphatic carbocycles. The number of amides is 1. The largest absolute Gasteiger partial charge is 0.494 e. The van der Waals surface area contributed by atoms with E-state index in [0.29, 0.717) is 11.7 Å². The lowest BCUT2D eigenvalue weighted by molar-refractivity contribution is -0.120. The predicted molar refractivity (Wildman–Crippen MR) is 71.8 cm³/mol. The summed E-state index contributed by atoms with van der Waals surface area (Å²) >= 11 is 0. The fourth-order valence-corrected chi connectivity index (χ4v) is 2.31. The molecule has 0 unspecified atom stereocenters. The van der Waals surface area contributed by atoms with Crippen LogP contribution >= 0.6 is 0 Å². The highest BCUT2D eigenvalue weighted by atomic mass is 19.1. The van der Waals surface area contributed by atoms with Crippen LogP contribution in [0.1, 0.15) is 25.7 Å². The smallest absolute Gasteiger partial charge is 0.239 e. The Labute approximate surface area is 112 Å². The summed E-state index contributed by atoms with van der Waals surface area (Å²) in [6.07, 6.45) is 4.48. The Hall–Kier alpha value is -1.78. The van der Waals surface area contributed by atoms with Crippen LogP contribution in [0, 0.1) is 5.82 Å². The zero-order valence-electron chi connectivity index (χ0n) is 11.0. The van der Waals surface area contributed by atoms with Crippen molar-refractivity contribution in [3.05, 3.63) is 24.0 Å². The van der Waals surface area contributed by atoms with E-state index in [2.05, 4.69) is 10.6 Å². The van der Waals surface area contributed by atoms with Crippen LogP contribution in [-0.4, -0.2) is 25.6 Å². The van der Waals surface area contributed by atoms with Crippen molar-refractivity contribution in [2.24, 2.45) is 0 Å². The van der Waals surface area contributed by atoms with Crippen molar-refractivity contribution in [2.45, 2.75) is 31.7 Å². The summed E-state index contributed by atoms with van der Waals surface area (Å²) in [7, 11) is 1.42. The molecule has 0 aromatic heterocycles. The van der Waals surface area contributed by atoms with Crippen LogP contribution in [0.3, 0.4) is 0 Å². The Morgan fingerprint density at radius 2 is 2.16 bits per heavy atom. The molecule has 1 aromatic rings. The predicted octanol–water partition coefficient (Wildman–Crippen LogP) is 2.30. The third-order valence-corrected chi connectivity index (χ3v) is 3.33. The van der Waals surface area contributed by atoms with Crippen LogP contribution in [0.4, 0.5) is 10.1 Å². The Bertz CT molecular complexity index is 445. The molecule has 2 N–H and O–H groups in total. The number of hydrogen-bond acceptors (Lipinski definition) is 3. The van der Waals surface area contributed by atoms with Gasteiger partial charge in [0.15, 0.2) is 11.6 Å². The van der Waals surface area contributed by atoms with E-state index in [1.165, 1.54) is 32.1 Å². The van der Waals surface area contributed by atoms with Crippen molar-refractivity contribution in [2.75, 3.05) is 19.0 Å². The molecule has 0 atom stereocenters. The summed E-state index contributed by atoms with van der Waals surface area (Å²) in [6, 6.07) is 4.85. The summed E-state index contributed by atoms with van der Waals surface area (Å²) in [5.41, 5.74) is 0.569. The summed E-state index contributed by atoms with van der Waals surface area (Å²) in [5, 5.41) is 5.87. The first-order chi connectivity index (χ1) is 9.19. The molecule has 1 saturated carbocycles. The molecule has 0 spiro atoms. The molecule has 1 fully saturated rings. The van der Waals surface area contributed by atoms with Gasteiger partial charge >= 0.3 is 0 Å². The average molecular weight is 266 g/mol. The summed E-state index contributed by atoms with van der Waals surface area (Å²) in [5.74, 6) is -0.298. The van der Waals surface area contributed by atoms with E-state index in [1.54, 1.807) is 6.07 Å². The topological polar surface area (TPSA) is 50.4 Å². The number of anilines is 1. The lowest BCUT2D eigenvalue weighted by Gasteiger charge is -2.13. The van der Waals surface area contributed by atoms with E-state index in [0.717, 1.165) is 12.8 Å². The third-order valence-electron chi connectivity index (χ3n) is 3.33. The minimum Gasteiger partial charge on any atom is -0.494 e. The van der Waals surface area contributed by atoms with Crippen LogP contribution in [0.25, 0.3) is 0 Å². The van der Waals surface area contributed by atoms with Crippen LogP contribution in [0.5, 0.6) is 5.75 Å². The summed E-state index contributed by atoms with van der Waals surface area (Å²) < 4.78 is 18.3. The SMILES string of the molecule is COc1ccc(NCC(=O)NC2CCCC2)cc1F. The zero-order chi connectivity index (χ0) is 13.7. The number of carbonyl (C=O) groups is 1. The Balaban J connectivity index is 1.81. The van der Waals surface area contributed by atoms with E-state index in [-0.39, 0.29) is 18.2 Å². The van der Waals surface area contributed by atoms with Gasteiger partial charge in [-0.05, 0) is 25.0 Å². The second-order valence-electron chi connectivity index (χ2n) is 4.75. The van der Waals surface area contributed by atoms with Crippen LogP contribution in [-0.2, 0) is 4.79 Å². The molecule has 19 heavy (non-hydrogen) atoms. The molecule has 0 saturated heterocycles. The average Bonchev–Trinajstić information content (AvgIpc) is 2.89. The highest BCUT2D eigenvalue weighted by molar-refractivity contribution is 5.81. The third kappa shape index (κ3) is 3.84. The van der Waals surface area contributed by atoms with Crippen molar-refractivity contribution >= 4 is 11.6 Å². The normalized spacial score (nSPS) is 15.3. The quantitative estimate of drug-likeness (QED) is 0.860. The van der Waals surface area contributed by atoms with Gasteiger partial charge in [0, 0.05) is 17.8 Å². The molecule has 2 rings (SSSR count).